The molecule has 2 aromatic heterocycles. The van der Waals surface area contributed by atoms with E-state index in [1.54, 1.807) is 78.9 Å². The lowest BCUT2D eigenvalue weighted by Gasteiger charge is -2.16. The van der Waals surface area contributed by atoms with E-state index in [9.17, 15) is 44.4 Å². The smallest absolute Gasteiger partial charge is 0.373 e. The molecule has 0 fully saturated rings. The van der Waals surface area contributed by atoms with Crippen molar-refractivity contribution in [3.8, 4) is 33.8 Å². The van der Waals surface area contributed by atoms with Gasteiger partial charge in [-0.2, -0.15) is 9.59 Å². The summed E-state index contributed by atoms with van der Waals surface area (Å²) < 4.78 is 12.3. The van der Waals surface area contributed by atoms with Crippen LogP contribution >= 0.6 is 11.6 Å². The van der Waals surface area contributed by atoms with E-state index in [1.165, 1.54) is 42.5 Å². The Labute approximate surface area is 432 Å². The number of carboxylic acids is 3. The maximum Gasteiger partial charge on any atom is 0.373 e. The van der Waals surface area contributed by atoms with Crippen molar-refractivity contribution in [2.24, 2.45) is 0 Å². The van der Waals surface area contributed by atoms with E-state index in [2.05, 4.69) is 0 Å². The van der Waals surface area contributed by atoms with Gasteiger partial charge in [0, 0.05) is 62.0 Å². The number of aromatic carboxylic acids is 2. The highest BCUT2D eigenvalue weighted by Gasteiger charge is 2.22. The van der Waals surface area contributed by atoms with Crippen LogP contribution < -0.4 is 10.9 Å². The van der Waals surface area contributed by atoms with Crippen molar-refractivity contribution in [3.63, 3.8) is 0 Å². The molecule has 0 radical (unpaired) electrons. The molecular formula is C59H59ClO14. The Hall–Kier alpha value is -9.10. The summed E-state index contributed by atoms with van der Waals surface area (Å²) in [5.41, 5.74) is 3.98. The number of benzene rings is 8. The van der Waals surface area contributed by atoms with Crippen molar-refractivity contribution < 1.29 is 58.3 Å². The molecule has 0 amide bonds. The number of carboxylic acid groups (broad SMARTS) is 3. The molecule has 0 aliphatic heterocycles. The predicted octanol–water partition coefficient (Wildman–Crippen LogP) is 14.9. The number of aromatic hydroxyl groups is 2. The second-order valence-electron chi connectivity index (χ2n) is 15.1. The average molecular weight is 1030 g/mol. The van der Waals surface area contributed by atoms with Crippen molar-refractivity contribution in [2.45, 2.75) is 64.8 Å². The van der Waals surface area contributed by atoms with Crippen molar-refractivity contribution in [1.82, 2.24) is 0 Å². The summed E-state index contributed by atoms with van der Waals surface area (Å²) in [4.78, 5) is 75.1. The number of aliphatic carboxylic acids is 1. The first-order valence-electron chi connectivity index (χ1n) is 20.0. The summed E-state index contributed by atoms with van der Waals surface area (Å²) in [6.07, 6.45) is 0.139. The minimum atomic E-state index is -1.12. The lowest BCUT2D eigenvalue weighted by atomic mass is 9.91. The van der Waals surface area contributed by atoms with Crippen LogP contribution in [-0.2, 0) is 20.8 Å². The molecule has 5 N–H and O–H groups in total. The minimum absolute atomic E-state index is 0. The molecule has 2 heterocycles. The minimum Gasteiger partial charge on any atom is -0.508 e. The second kappa shape index (κ2) is 25.8. The summed E-state index contributed by atoms with van der Waals surface area (Å²) in [5, 5.41) is 54.3. The molecule has 0 saturated carbocycles. The Morgan fingerprint density at radius 1 is 0.514 bits per heavy atom. The lowest BCUT2D eigenvalue weighted by molar-refractivity contribution is -0.191. The van der Waals surface area contributed by atoms with E-state index in [4.69, 9.17) is 35.1 Å². The first-order valence-corrected chi connectivity index (χ1v) is 20.4. The van der Waals surface area contributed by atoms with E-state index in [0.29, 0.717) is 71.5 Å². The summed E-state index contributed by atoms with van der Waals surface area (Å²) >= 11 is 6.12. The lowest BCUT2D eigenvalue weighted by Crippen LogP contribution is -2.01. The van der Waals surface area contributed by atoms with Crippen molar-refractivity contribution in [1.29, 1.82) is 0 Å². The zero-order chi connectivity index (χ0) is 47.7. The van der Waals surface area contributed by atoms with Gasteiger partial charge in [-0.3, -0.25) is 14.4 Å². The highest BCUT2D eigenvalue weighted by molar-refractivity contribution is 6.32. The Kier molecular flexibility index (Phi) is 22.0. The molecular weight excluding hydrogens is 968 g/mol. The third kappa shape index (κ3) is 12.0. The fourth-order valence-corrected chi connectivity index (χ4v) is 8.36. The first-order chi connectivity index (χ1) is 32.2. The average Bonchev–Trinajstić information content (AvgIpc) is 3.30. The highest BCUT2D eigenvalue weighted by atomic mass is 35.5. The Morgan fingerprint density at radius 2 is 0.986 bits per heavy atom. The quantitative estimate of drug-likeness (QED) is 0.0736. The zero-order valence-electron chi connectivity index (χ0n) is 34.4. The molecule has 0 atom stereocenters. The van der Waals surface area contributed by atoms with Gasteiger partial charge in [0.15, 0.2) is 10.9 Å². The number of hydrogen-bond donors (Lipinski definition) is 5. The van der Waals surface area contributed by atoms with E-state index >= 15 is 0 Å². The number of fused-ring (bicyclic) bond motifs is 8. The van der Waals surface area contributed by atoms with Crippen molar-refractivity contribution >= 4 is 101 Å². The van der Waals surface area contributed by atoms with E-state index in [1.807, 2.05) is 12.1 Å². The Bertz CT molecular complexity index is 3860. The standard InChI is InChI=1S/C27H17ClO7.C24H14O5.CO2.7CH4/c28-20-11-18-13(10-22(20)30)5-7-17-25(15-3-1-2-4-16(15)27(33)34)19-9-14(6-8-24(31)32)21(29)12-23(19)35-26(17)18;25-14-6-9-16-13(11-14)5-8-20-22(17-3-1-2-4-18(17)24(27)28)19-10-7-15(26)12-21(19)29-23(16)20;2-1-3;;;;;;;/h1-5,7,9-12,29H,6,8H2,(H,31,32)(H,33,34);1-12,26H,(H,27,28);;7*1H4. The molecule has 10 aromatic rings. The fourth-order valence-electron chi connectivity index (χ4n) is 8.19. The van der Waals surface area contributed by atoms with Crippen LogP contribution in [0.1, 0.15) is 84.7 Å². The molecule has 10 rings (SSSR count). The van der Waals surface area contributed by atoms with Gasteiger partial charge >= 0.3 is 24.1 Å². The van der Waals surface area contributed by atoms with E-state index in [-0.39, 0.29) is 115 Å². The molecule has 386 valence electrons. The largest absolute Gasteiger partial charge is 0.508 e. The number of rotatable bonds is 7. The van der Waals surface area contributed by atoms with Crippen LogP contribution in [0, 0.1) is 0 Å². The van der Waals surface area contributed by atoms with Crippen molar-refractivity contribution in [3.05, 3.63) is 176 Å². The van der Waals surface area contributed by atoms with Gasteiger partial charge in [-0.25, -0.2) is 9.59 Å². The Balaban J connectivity index is 0.000000652. The maximum atomic E-state index is 12.1. The van der Waals surface area contributed by atoms with Gasteiger partial charge in [-0.15, -0.1) is 0 Å². The second-order valence-corrected chi connectivity index (χ2v) is 15.5. The topological polar surface area (TPSA) is 247 Å². The van der Waals surface area contributed by atoms with Crippen molar-refractivity contribution in [2.75, 3.05) is 0 Å². The number of hydrogen-bond acceptors (Lipinski definition) is 11. The van der Waals surface area contributed by atoms with Crippen LogP contribution in [-0.4, -0.2) is 49.6 Å². The van der Waals surface area contributed by atoms with E-state index in [0.717, 1.165) is 16.2 Å². The van der Waals surface area contributed by atoms with Gasteiger partial charge in [0.25, 0.3) is 0 Å². The van der Waals surface area contributed by atoms with Gasteiger partial charge in [0.1, 0.15) is 33.8 Å². The number of phenols is 2. The fraction of sp³-hybridized carbons (Fsp3) is 0.153. The van der Waals surface area contributed by atoms with Crippen LogP contribution in [0.15, 0.2) is 152 Å². The Morgan fingerprint density at radius 3 is 1.53 bits per heavy atom. The molecule has 0 aliphatic rings. The van der Waals surface area contributed by atoms with Crippen LogP contribution in [0.4, 0.5) is 0 Å². The van der Waals surface area contributed by atoms with Gasteiger partial charge in [0.05, 0.1) is 16.1 Å². The molecule has 0 unspecified atom stereocenters. The monoisotopic (exact) mass is 1030 g/mol. The molecule has 8 aromatic carbocycles. The van der Waals surface area contributed by atoms with Crippen LogP contribution in [0.3, 0.4) is 0 Å². The molecule has 0 bridgehead atoms. The molecule has 0 aliphatic carbocycles. The van der Waals surface area contributed by atoms with E-state index < -0.39 is 17.9 Å². The highest BCUT2D eigenvalue weighted by Crippen LogP contribution is 2.44. The van der Waals surface area contributed by atoms with Gasteiger partial charge in [0.2, 0.25) is 0 Å². The number of halogens is 1. The zero-order valence-corrected chi connectivity index (χ0v) is 35.2. The molecule has 15 heteroatoms. The van der Waals surface area contributed by atoms with Crippen LogP contribution in [0.5, 0.6) is 11.5 Å². The number of carbonyl (C=O) groups excluding carboxylic acids is 2. The van der Waals surface area contributed by atoms with Crippen LogP contribution in [0.2, 0.25) is 5.02 Å². The molecule has 74 heavy (non-hydrogen) atoms. The number of carbonyl (C=O) groups is 3. The number of phenolic OH excluding ortho intramolecular Hbond substituents is 2. The first kappa shape index (κ1) is 62.9. The van der Waals surface area contributed by atoms with Crippen LogP contribution in [0.25, 0.3) is 87.7 Å². The third-order valence-electron chi connectivity index (χ3n) is 11.1. The third-order valence-corrected chi connectivity index (χ3v) is 11.4. The number of aryl methyl sites for hydroxylation is 1. The molecule has 0 spiro atoms. The molecule has 14 nitrogen and oxygen atoms in total. The summed E-state index contributed by atoms with van der Waals surface area (Å²) in [7, 11) is 0. The van der Waals surface area contributed by atoms with Gasteiger partial charge in [-0.05, 0) is 107 Å². The summed E-state index contributed by atoms with van der Waals surface area (Å²) in [5.74, 6) is -3.25. The summed E-state index contributed by atoms with van der Waals surface area (Å²) in [6.45, 7) is 0. The summed E-state index contributed by atoms with van der Waals surface area (Å²) in [6, 6.07) is 35.8. The SMILES string of the molecule is C.C.C.C.C.C.C.O=C(O)CCc1cc2c(-c3ccccc3C(=O)O)c3ccc4cc(=O)c(Cl)cc4c3oc2cc1O.O=C(O)c1ccccc1-c1c2ccc(O)cc2oc2c1ccc1cc(=O)ccc12.O=C=O. The van der Waals surface area contributed by atoms with Gasteiger partial charge < -0.3 is 34.4 Å². The molecule has 0 saturated heterocycles. The predicted molar refractivity (Wildman–Crippen MR) is 296 cm³/mol. The van der Waals surface area contributed by atoms with Gasteiger partial charge in [-0.1, -0.05) is 112 Å². The maximum absolute atomic E-state index is 12.1. The normalized spacial score (nSPS) is 9.91.